The fourth-order valence-corrected chi connectivity index (χ4v) is 2.01. The number of halogens is 1. The van der Waals surface area contributed by atoms with Crippen molar-refractivity contribution in [1.82, 2.24) is 14.8 Å². The molecule has 0 aliphatic carbocycles. The molecule has 2 heterocycles. The Morgan fingerprint density at radius 2 is 2.11 bits per heavy atom. The fraction of sp³-hybridized carbons (Fsp3) is 0.308. The van der Waals surface area contributed by atoms with Gasteiger partial charge in [0.25, 0.3) is 0 Å². The first-order chi connectivity index (χ1) is 8.95. The first-order valence-electron chi connectivity index (χ1n) is 5.90. The van der Waals surface area contributed by atoms with Crippen LogP contribution in [0.1, 0.15) is 17.1 Å². The van der Waals surface area contributed by atoms with Gasteiger partial charge in [0.05, 0.1) is 17.1 Å². The van der Waals surface area contributed by atoms with Crippen molar-refractivity contribution in [1.29, 1.82) is 0 Å². The third-order valence-electron chi connectivity index (χ3n) is 2.72. The van der Waals surface area contributed by atoms with E-state index in [0.29, 0.717) is 16.5 Å². The molecule has 0 saturated heterocycles. The standard InChI is InChI=1S/C13H15ClN4O/c1-8-6-9(2)18(17-8)7-13(19)16-11-4-5-12(14)15-10(11)3/h4-6H,7H2,1-3H3,(H,16,19). The Morgan fingerprint density at radius 1 is 1.37 bits per heavy atom. The molecule has 0 unspecified atom stereocenters. The molecule has 2 aromatic rings. The van der Waals surface area contributed by atoms with E-state index in [1.54, 1.807) is 23.7 Å². The Labute approximate surface area is 116 Å². The van der Waals surface area contributed by atoms with Crippen molar-refractivity contribution in [3.8, 4) is 0 Å². The lowest BCUT2D eigenvalue weighted by Gasteiger charge is -2.08. The Bertz CT molecular complexity index is 621. The number of nitrogens with one attached hydrogen (secondary N) is 1. The summed E-state index contributed by atoms with van der Waals surface area (Å²) in [5.41, 5.74) is 3.21. The number of hydrogen-bond acceptors (Lipinski definition) is 3. The zero-order valence-electron chi connectivity index (χ0n) is 11.1. The predicted octanol–water partition coefficient (Wildman–Crippen LogP) is 2.50. The maximum Gasteiger partial charge on any atom is 0.246 e. The number of nitrogens with zero attached hydrogens (tertiary/aromatic N) is 3. The van der Waals surface area contributed by atoms with Gasteiger partial charge in [0.1, 0.15) is 11.7 Å². The third-order valence-corrected chi connectivity index (χ3v) is 2.93. The Morgan fingerprint density at radius 3 is 2.68 bits per heavy atom. The van der Waals surface area contributed by atoms with Crippen molar-refractivity contribution in [3.63, 3.8) is 0 Å². The van der Waals surface area contributed by atoms with Crippen LogP contribution in [0.4, 0.5) is 5.69 Å². The molecule has 0 fully saturated rings. The number of aromatic nitrogens is 3. The third kappa shape index (κ3) is 3.32. The van der Waals surface area contributed by atoms with E-state index in [4.69, 9.17) is 11.6 Å². The fourth-order valence-electron chi connectivity index (χ4n) is 1.82. The second-order valence-corrected chi connectivity index (χ2v) is 4.79. The Kier molecular flexibility index (Phi) is 3.85. The molecule has 100 valence electrons. The van der Waals surface area contributed by atoms with Crippen molar-refractivity contribution in [3.05, 3.63) is 40.4 Å². The maximum atomic E-state index is 11.9. The number of rotatable bonds is 3. The minimum atomic E-state index is -0.140. The monoisotopic (exact) mass is 278 g/mol. The number of anilines is 1. The zero-order valence-corrected chi connectivity index (χ0v) is 11.8. The number of carbonyl (C=O) groups excluding carboxylic acids is 1. The predicted molar refractivity (Wildman–Crippen MR) is 74.3 cm³/mol. The molecule has 0 aliphatic heterocycles. The molecule has 1 amide bonds. The quantitative estimate of drug-likeness (QED) is 0.878. The van der Waals surface area contributed by atoms with Gasteiger partial charge in [0.15, 0.2) is 0 Å². The SMILES string of the molecule is Cc1cc(C)n(CC(=O)Nc2ccc(Cl)nc2C)n1. The van der Waals surface area contributed by atoms with Crippen LogP contribution in [0.5, 0.6) is 0 Å². The van der Waals surface area contributed by atoms with Crippen LogP contribution in [0, 0.1) is 20.8 Å². The molecule has 2 aromatic heterocycles. The van der Waals surface area contributed by atoms with Crippen LogP contribution in [0.2, 0.25) is 5.15 Å². The van der Waals surface area contributed by atoms with Crippen LogP contribution in [-0.4, -0.2) is 20.7 Å². The minimum Gasteiger partial charge on any atom is -0.323 e. The molecule has 0 spiro atoms. The molecule has 1 N–H and O–H groups in total. The van der Waals surface area contributed by atoms with Crippen LogP contribution in [0.15, 0.2) is 18.2 Å². The van der Waals surface area contributed by atoms with Gasteiger partial charge in [-0.3, -0.25) is 9.48 Å². The number of hydrogen-bond donors (Lipinski definition) is 1. The summed E-state index contributed by atoms with van der Waals surface area (Å²) in [6, 6.07) is 5.32. The highest BCUT2D eigenvalue weighted by Crippen LogP contribution is 2.15. The van der Waals surface area contributed by atoms with Gasteiger partial charge in [0, 0.05) is 5.69 Å². The number of carbonyl (C=O) groups is 1. The van der Waals surface area contributed by atoms with Gasteiger partial charge in [-0.2, -0.15) is 5.10 Å². The van der Waals surface area contributed by atoms with Crippen molar-refractivity contribution in [2.75, 3.05) is 5.32 Å². The molecular weight excluding hydrogens is 264 g/mol. The molecule has 0 radical (unpaired) electrons. The van der Waals surface area contributed by atoms with Gasteiger partial charge >= 0.3 is 0 Å². The maximum absolute atomic E-state index is 11.9. The summed E-state index contributed by atoms with van der Waals surface area (Å²) in [6.45, 7) is 5.80. The summed E-state index contributed by atoms with van der Waals surface area (Å²) in [5.74, 6) is -0.140. The van der Waals surface area contributed by atoms with E-state index in [-0.39, 0.29) is 12.5 Å². The highest BCUT2D eigenvalue weighted by Gasteiger charge is 2.09. The lowest BCUT2D eigenvalue weighted by atomic mass is 10.3. The summed E-state index contributed by atoms with van der Waals surface area (Å²) in [6.07, 6.45) is 0. The molecule has 0 saturated carbocycles. The summed E-state index contributed by atoms with van der Waals surface area (Å²) >= 11 is 5.77. The van der Waals surface area contributed by atoms with E-state index in [9.17, 15) is 4.79 Å². The van der Waals surface area contributed by atoms with Gasteiger partial charge in [-0.25, -0.2) is 4.98 Å². The van der Waals surface area contributed by atoms with E-state index < -0.39 is 0 Å². The second-order valence-electron chi connectivity index (χ2n) is 4.40. The molecule has 0 bridgehead atoms. The Hall–Kier alpha value is -1.88. The zero-order chi connectivity index (χ0) is 14.0. The van der Waals surface area contributed by atoms with Gasteiger partial charge in [-0.05, 0) is 39.0 Å². The molecule has 19 heavy (non-hydrogen) atoms. The van der Waals surface area contributed by atoms with Gasteiger partial charge in [0.2, 0.25) is 5.91 Å². The molecule has 0 atom stereocenters. The van der Waals surface area contributed by atoms with Crippen molar-refractivity contribution in [2.24, 2.45) is 0 Å². The normalized spacial score (nSPS) is 10.5. The van der Waals surface area contributed by atoms with Crippen molar-refractivity contribution >= 4 is 23.2 Å². The average molecular weight is 279 g/mol. The van der Waals surface area contributed by atoms with E-state index in [2.05, 4.69) is 15.4 Å². The summed E-state index contributed by atoms with van der Waals surface area (Å²) < 4.78 is 1.67. The van der Waals surface area contributed by atoms with Gasteiger partial charge in [-0.1, -0.05) is 11.6 Å². The minimum absolute atomic E-state index is 0.140. The van der Waals surface area contributed by atoms with Gasteiger partial charge in [-0.15, -0.1) is 0 Å². The molecule has 0 aromatic carbocycles. The van der Waals surface area contributed by atoms with E-state index in [0.717, 1.165) is 11.4 Å². The average Bonchev–Trinajstić information content (AvgIpc) is 2.61. The van der Waals surface area contributed by atoms with E-state index >= 15 is 0 Å². The second kappa shape index (κ2) is 5.40. The molecule has 6 heteroatoms. The topological polar surface area (TPSA) is 59.8 Å². The first kappa shape index (κ1) is 13.5. The van der Waals surface area contributed by atoms with E-state index in [1.165, 1.54) is 0 Å². The number of aryl methyl sites for hydroxylation is 3. The highest BCUT2D eigenvalue weighted by molar-refractivity contribution is 6.29. The Balaban J connectivity index is 2.07. The van der Waals surface area contributed by atoms with Crippen LogP contribution < -0.4 is 5.32 Å². The van der Waals surface area contributed by atoms with Crippen molar-refractivity contribution in [2.45, 2.75) is 27.3 Å². The highest BCUT2D eigenvalue weighted by atomic mass is 35.5. The molecule has 0 aliphatic rings. The summed E-state index contributed by atoms with van der Waals surface area (Å²) in [7, 11) is 0. The largest absolute Gasteiger partial charge is 0.323 e. The van der Waals surface area contributed by atoms with Crippen LogP contribution in [-0.2, 0) is 11.3 Å². The van der Waals surface area contributed by atoms with E-state index in [1.807, 2.05) is 19.9 Å². The number of amides is 1. The molecule has 2 rings (SSSR count). The summed E-state index contributed by atoms with van der Waals surface area (Å²) in [5, 5.41) is 7.46. The first-order valence-corrected chi connectivity index (χ1v) is 6.27. The molecule has 5 nitrogen and oxygen atoms in total. The van der Waals surface area contributed by atoms with Crippen LogP contribution in [0.3, 0.4) is 0 Å². The smallest absolute Gasteiger partial charge is 0.246 e. The molecular formula is C13H15ClN4O. The lowest BCUT2D eigenvalue weighted by Crippen LogP contribution is -2.21. The summed E-state index contributed by atoms with van der Waals surface area (Å²) in [4.78, 5) is 16.0. The van der Waals surface area contributed by atoms with Crippen molar-refractivity contribution < 1.29 is 4.79 Å². The van der Waals surface area contributed by atoms with Gasteiger partial charge < -0.3 is 5.32 Å². The lowest BCUT2D eigenvalue weighted by molar-refractivity contribution is -0.116. The number of pyridine rings is 1. The van der Waals surface area contributed by atoms with Crippen LogP contribution in [0.25, 0.3) is 0 Å². The van der Waals surface area contributed by atoms with Crippen LogP contribution >= 0.6 is 11.6 Å².